The largest absolute Gasteiger partial charge is 0.314 e. The summed E-state index contributed by atoms with van der Waals surface area (Å²) in [5.41, 5.74) is 0. The second-order valence-electron chi connectivity index (χ2n) is 5.86. The molecular formula is C14H27N5. The molecule has 19 heavy (non-hydrogen) atoms. The van der Waals surface area contributed by atoms with Gasteiger partial charge < -0.3 is 5.32 Å². The molecule has 1 N–H and O–H groups in total. The Labute approximate surface area is 116 Å². The van der Waals surface area contributed by atoms with Gasteiger partial charge >= 0.3 is 0 Å². The molecule has 2 rings (SSSR count). The Morgan fingerprint density at radius 3 is 2.74 bits per heavy atom. The van der Waals surface area contributed by atoms with Crippen molar-refractivity contribution in [2.24, 2.45) is 5.92 Å². The summed E-state index contributed by atoms with van der Waals surface area (Å²) in [6.07, 6.45) is 4.17. The topological polar surface area (TPSA) is 46.0 Å². The number of nitrogens with one attached hydrogen (secondary N) is 1. The number of nitrogens with zero attached hydrogens (tertiary/aromatic N) is 4. The van der Waals surface area contributed by atoms with Crippen molar-refractivity contribution in [3.8, 4) is 0 Å². The molecule has 0 aliphatic carbocycles. The van der Waals surface area contributed by atoms with Crippen LogP contribution in [0.5, 0.6) is 0 Å². The van der Waals surface area contributed by atoms with Gasteiger partial charge in [0, 0.05) is 25.7 Å². The van der Waals surface area contributed by atoms with Crippen molar-refractivity contribution in [2.75, 3.05) is 19.6 Å². The highest BCUT2D eigenvalue weighted by atomic mass is 15.3. The van der Waals surface area contributed by atoms with E-state index in [4.69, 9.17) is 0 Å². The van der Waals surface area contributed by atoms with Crippen LogP contribution in [-0.4, -0.2) is 45.3 Å². The standard InChI is InChI=1S/C14H27N5/c1-4-15-13-5-7-18(8-6-13)10-14-16-11-17-19(14)9-12(2)3/h11-13,15H,4-10H2,1-3H3. The predicted molar refractivity (Wildman–Crippen MR) is 76.8 cm³/mol. The van der Waals surface area contributed by atoms with Gasteiger partial charge in [-0.15, -0.1) is 0 Å². The van der Waals surface area contributed by atoms with Crippen LogP contribution < -0.4 is 5.32 Å². The van der Waals surface area contributed by atoms with Crippen molar-refractivity contribution in [1.82, 2.24) is 25.0 Å². The van der Waals surface area contributed by atoms with Gasteiger partial charge in [0.25, 0.3) is 0 Å². The van der Waals surface area contributed by atoms with E-state index in [0.717, 1.165) is 38.5 Å². The first kappa shape index (κ1) is 14.5. The van der Waals surface area contributed by atoms with Crippen molar-refractivity contribution in [3.63, 3.8) is 0 Å². The van der Waals surface area contributed by atoms with Gasteiger partial charge in [-0.05, 0) is 25.3 Å². The summed E-state index contributed by atoms with van der Waals surface area (Å²) < 4.78 is 2.06. The first-order valence-corrected chi connectivity index (χ1v) is 7.51. The monoisotopic (exact) mass is 265 g/mol. The third-order valence-electron chi connectivity index (χ3n) is 3.68. The van der Waals surface area contributed by atoms with E-state index in [9.17, 15) is 0 Å². The average Bonchev–Trinajstić information content (AvgIpc) is 2.79. The zero-order valence-corrected chi connectivity index (χ0v) is 12.5. The molecule has 0 saturated carbocycles. The lowest BCUT2D eigenvalue weighted by Crippen LogP contribution is -2.42. The summed E-state index contributed by atoms with van der Waals surface area (Å²) in [7, 11) is 0. The molecule has 0 unspecified atom stereocenters. The number of hydrogen-bond acceptors (Lipinski definition) is 4. The van der Waals surface area contributed by atoms with Gasteiger partial charge in [-0.25, -0.2) is 9.67 Å². The molecule has 5 heteroatoms. The van der Waals surface area contributed by atoms with Crippen LogP contribution in [0.4, 0.5) is 0 Å². The molecule has 0 amide bonds. The fourth-order valence-electron chi connectivity index (χ4n) is 2.69. The van der Waals surface area contributed by atoms with Crippen molar-refractivity contribution in [1.29, 1.82) is 0 Å². The Hall–Kier alpha value is -0.940. The van der Waals surface area contributed by atoms with Gasteiger partial charge in [-0.1, -0.05) is 20.8 Å². The Balaban J connectivity index is 1.84. The Kier molecular flexibility index (Phi) is 5.34. The molecular weight excluding hydrogens is 238 g/mol. The van der Waals surface area contributed by atoms with Gasteiger partial charge in [0.15, 0.2) is 0 Å². The Bertz CT molecular complexity index is 366. The lowest BCUT2D eigenvalue weighted by Gasteiger charge is -2.32. The Morgan fingerprint density at radius 2 is 2.11 bits per heavy atom. The molecule has 1 fully saturated rings. The molecule has 5 nitrogen and oxygen atoms in total. The molecule has 1 saturated heterocycles. The van der Waals surface area contributed by atoms with Crippen molar-refractivity contribution in [3.05, 3.63) is 12.2 Å². The number of hydrogen-bond donors (Lipinski definition) is 1. The maximum absolute atomic E-state index is 4.41. The highest BCUT2D eigenvalue weighted by Gasteiger charge is 2.19. The van der Waals surface area contributed by atoms with Gasteiger partial charge in [0.1, 0.15) is 12.2 Å². The molecule has 1 aliphatic heterocycles. The van der Waals surface area contributed by atoms with Crippen LogP contribution in [0.3, 0.4) is 0 Å². The first-order chi connectivity index (χ1) is 9.19. The van der Waals surface area contributed by atoms with E-state index in [2.05, 4.69) is 45.8 Å². The van der Waals surface area contributed by atoms with Crippen molar-refractivity contribution in [2.45, 2.75) is 52.7 Å². The van der Waals surface area contributed by atoms with Gasteiger partial charge in [-0.2, -0.15) is 5.10 Å². The maximum Gasteiger partial charge on any atom is 0.141 e. The quantitative estimate of drug-likeness (QED) is 0.847. The number of likely N-dealkylation sites (tertiary alicyclic amines) is 1. The molecule has 0 atom stereocenters. The fourth-order valence-corrected chi connectivity index (χ4v) is 2.69. The normalized spacial score (nSPS) is 18.3. The average molecular weight is 265 g/mol. The van der Waals surface area contributed by atoms with Crippen LogP contribution in [-0.2, 0) is 13.1 Å². The summed E-state index contributed by atoms with van der Waals surface area (Å²) in [6, 6.07) is 0.704. The minimum atomic E-state index is 0.611. The Morgan fingerprint density at radius 1 is 1.37 bits per heavy atom. The van der Waals surface area contributed by atoms with Gasteiger partial charge in [0.2, 0.25) is 0 Å². The van der Waals surface area contributed by atoms with E-state index in [1.165, 1.54) is 12.8 Å². The highest BCUT2D eigenvalue weighted by Crippen LogP contribution is 2.13. The van der Waals surface area contributed by atoms with Crippen LogP contribution in [0, 0.1) is 5.92 Å². The SMILES string of the molecule is CCNC1CCN(Cc2ncnn2CC(C)C)CC1. The molecule has 2 heterocycles. The second-order valence-corrected chi connectivity index (χ2v) is 5.86. The second kappa shape index (κ2) is 7.01. The van der Waals surface area contributed by atoms with Crippen LogP contribution >= 0.6 is 0 Å². The van der Waals surface area contributed by atoms with E-state index in [-0.39, 0.29) is 0 Å². The van der Waals surface area contributed by atoms with E-state index in [1.54, 1.807) is 6.33 Å². The lowest BCUT2D eigenvalue weighted by atomic mass is 10.1. The van der Waals surface area contributed by atoms with Crippen LogP contribution in [0.15, 0.2) is 6.33 Å². The van der Waals surface area contributed by atoms with Crippen LogP contribution in [0.1, 0.15) is 39.4 Å². The zero-order chi connectivity index (χ0) is 13.7. The minimum absolute atomic E-state index is 0.611. The molecule has 1 aliphatic rings. The lowest BCUT2D eigenvalue weighted by molar-refractivity contribution is 0.184. The van der Waals surface area contributed by atoms with E-state index >= 15 is 0 Å². The smallest absolute Gasteiger partial charge is 0.141 e. The molecule has 1 aromatic rings. The van der Waals surface area contributed by atoms with Crippen molar-refractivity contribution >= 4 is 0 Å². The van der Waals surface area contributed by atoms with Crippen molar-refractivity contribution < 1.29 is 0 Å². The molecule has 0 bridgehead atoms. The highest BCUT2D eigenvalue weighted by molar-refractivity contribution is 4.87. The van der Waals surface area contributed by atoms with Crippen LogP contribution in [0.2, 0.25) is 0 Å². The van der Waals surface area contributed by atoms with Gasteiger partial charge in [-0.3, -0.25) is 4.90 Å². The van der Waals surface area contributed by atoms with E-state index in [1.807, 2.05) is 0 Å². The fraction of sp³-hybridized carbons (Fsp3) is 0.857. The first-order valence-electron chi connectivity index (χ1n) is 7.51. The summed E-state index contributed by atoms with van der Waals surface area (Å²) in [4.78, 5) is 6.91. The summed E-state index contributed by atoms with van der Waals surface area (Å²) >= 11 is 0. The molecule has 0 spiro atoms. The third kappa shape index (κ3) is 4.28. The molecule has 0 aromatic carbocycles. The summed E-state index contributed by atoms with van der Waals surface area (Å²) in [5, 5.41) is 7.87. The maximum atomic E-state index is 4.41. The minimum Gasteiger partial charge on any atom is -0.314 e. The number of aromatic nitrogens is 3. The molecule has 0 radical (unpaired) electrons. The van der Waals surface area contributed by atoms with E-state index in [0.29, 0.717) is 12.0 Å². The molecule has 1 aromatic heterocycles. The summed E-state index contributed by atoms with van der Waals surface area (Å²) in [5.74, 6) is 1.72. The summed E-state index contributed by atoms with van der Waals surface area (Å²) in [6.45, 7) is 11.9. The number of rotatable bonds is 6. The number of piperidine rings is 1. The zero-order valence-electron chi connectivity index (χ0n) is 12.5. The van der Waals surface area contributed by atoms with Crippen LogP contribution in [0.25, 0.3) is 0 Å². The molecule has 108 valence electrons. The van der Waals surface area contributed by atoms with E-state index < -0.39 is 0 Å². The predicted octanol–water partition coefficient (Wildman–Crippen LogP) is 1.51. The van der Waals surface area contributed by atoms with Gasteiger partial charge in [0.05, 0.1) is 6.54 Å². The third-order valence-corrected chi connectivity index (χ3v) is 3.68.